The van der Waals surface area contributed by atoms with Crippen molar-refractivity contribution in [2.24, 2.45) is 17.8 Å². The zero-order chi connectivity index (χ0) is 40.7. The number of cyclic esters (lactones) is 1. The van der Waals surface area contributed by atoms with Crippen LogP contribution >= 0.6 is 0 Å². The van der Waals surface area contributed by atoms with E-state index in [0.29, 0.717) is 6.42 Å². The number of imidazole rings is 1. The molecule has 0 aliphatic carbocycles. The quantitative estimate of drug-likeness (QED) is 0.201. The number of Topliss-reactive ketones (excluding diaryl/α,β-unsaturated/α-hetero) is 2. The third-order valence-electron chi connectivity index (χ3n) is 10.2. The number of aromatic nitrogens is 2. The third kappa shape index (κ3) is 10.6. The largest absolute Gasteiger partial charge is 0.461 e. The second-order valence-corrected chi connectivity index (χ2v) is 14.9. The van der Waals surface area contributed by atoms with E-state index in [1.807, 2.05) is 25.9 Å². The first-order chi connectivity index (χ1) is 25.2. The summed E-state index contributed by atoms with van der Waals surface area (Å²) < 4.78 is 43.0. The van der Waals surface area contributed by atoms with E-state index in [-0.39, 0.29) is 30.6 Å². The molecule has 0 saturated carbocycles. The van der Waals surface area contributed by atoms with Crippen molar-refractivity contribution in [1.29, 1.82) is 0 Å². The maximum absolute atomic E-state index is 14.4. The smallest absolute Gasteiger partial charge is 0.420 e. The number of ketones is 2. The van der Waals surface area contributed by atoms with Crippen LogP contribution in [0.15, 0.2) is 30.4 Å². The Morgan fingerprint density at radius 2 is 1.72 bits per heavy atom. The zero-order valence-corrected chi connectivity index (χ0v) is 33.5. The molecule has 1 aromatic heterocycles. The topological polar surface area (TPSA) is 188 Å². The molecule has 16 nitrogen and oxygen atoms in total. The van der Waals surface area contributed by atoms with E-state index in [0.717, 1.165) is 4.57 Å². The van der Waals surface area contributed by atoms with Crippen LogP contribution in [0.5, 0.6) is 0 Å². The van der Waals surface area contributed by atoms with Crippen LogP contribution in [0.25, 0.3) is 0 Å². The molecule has 54 heavy (non-hydrogen) atoms. The lowest BCUT2D eigenvalue weighted by Crippen LogP contribution is -2.60. The summed E-state index contributed by atoms with van der Waals surface area (Å²) in [4.78, 5) is 86.1. The molecular weight excluding hydrogens is 706 g/mol. The Hall–Kier alpha value is -3.99. The van der Waals surface area contributed by atoms with Crippen molar-refractivity contribution in [3.05, 3.63) is 30.4 Å². The standard InChI is InChI=1S/C38H57N3O13/c1-13-29-37(8,54-36(47)41-15-14-39-20-41)18-27(19-49-25(6)42)30(44)21(2)17-38(9,48-12)33(23(4)31(45)24(5)34(46)52-29)53-35-32(51-26(7)43)28(40(10)11)16-22(3)50-35/h14-15,18,20-24,28-29,32-33,35H,13,16-17,19H2,1-12H3/b27-18+/t21-,22-,23+,24-,28+,29-,32-,33-,35+,37+,38+/m1/s1. The van der Waals surface area contributed by atoms with Gasteiger partial charge in [0, 0.05) is 50.8 Å². The summed E-state index contributed by atoms with van der Waals surface area (Å²) in [7, 11) is 5.10. The highest BCUT2D eigenvalue weighted by Crippen LogP contribution is 2.38. The number of carbonyl (C=O) groups excluding carboxylic acids is 6. The van der Waals surface area contributed by atoms with Gasteiger partial charge in [0.2, 0.25) is 0 Å². The Kier molecular flexibility index (Phi) is 15.3. The number of likely N-dealkylation sites (N-methyl/N-ethyl adjacent to an activating group) is 1. The summed E-state index contributed by atoms with van der Waals surface area (Å²) >= 11 is 0. The molecule has 0 radical (unpaired) electrons. The maximum Gasteiger partial charge on any atom is 0.420 e. The van der Waals surface area contributed by atoms with Gasteiger partial charge in [-0.3, -0.25) is 24.0 Å². The van der Waals surface area contributed by atoms with Crippen LogP contribution in [0.3, 0.4) is 0 Å². The van der Waals surface area contributed by atoms with E-state index >= 15 is 0 Å². The summed E-state index contributed by atoms with van der Waals surface area (Å²) in [6, 6.07) is -0.312. The van der Waals surface area contributed by atoms with Crippen LogP contribution < -0.4 is 0 Å². The minimum absolute atomic E-state index is 0.0357. The molecule has 16 heteroatoms. The average Bonchev–Trinajstić information content (AvgIpc) is 3.65. The van der Waals surface area contributed by atoms with Crippen molar-refractivity contribution in [2.45, 2.75) is 130 Å². The lowest BCUT2D eigenvalue weighted by molar-refractivity contribution is -0.297. The molecule has 0 unspecified atom stereocenters. The Morgan fingerprint density at radius 3 is 2.26 bits per heavy atom. The summed E-state index contributed by atoms with van der Waals surface area (Å²) in [6.07, 6.45) is 0.188. The van der Waals surface area contributed by atoms with Gasteiger partial charge in [-0.2, -0.15) is 0 Å². The van der Waals surface area contributed by atoms with E-state index in [9.17, 15) is 28.8 Å². The number of esters is 3. The Bertz CT molecular complexity index is 1540. The first-order valence-corrected chi connectivity index (χ1v) is 18.2. The molecule has 1 aromatic rings. The van der Waals surface area contributed by atoms with E-state index in [4.69, 9.17) is 33.2 Å². The van der Waals surface area contributed by atoms with Gasteiger partial charge < -0.3 is 38.1 Å². The number of methoxy groups -OCH3 is 1. The minimum Gasteiger partial charge on any atom is -0.461 e. The third-order valence-corrected chi connectivity index (χ3v) is 10.2. The number of nitrogens with zero attached hydrogens (tertiary/aromatic N) is 3. The molecular formula is C38H57N3O13. The number of ether oxygens (including phenoxy) is 7. The molecule has 3 heterocycles. The molecule has 0 spiro atoms. The van der Waals surface area contributed by atoms with Gasteiger partial charge in [0.05, 0.1) is 23.9 Å². The van der Waals surface area contributed by atoms with Crippen LogP contribution in [0.4, 0.5) is 4.79 Å². The molecule has 302 valence electrons. The van der Waals surface area contributed by atoms with Crippen molar-refractivity contribution in [2.75, 3.05) is 27.8 Å². The van der Waals surface area contributed by atoms with Crippen LogP contribution in [0, 0.1) is 17.8 Å². The SMILES string of the molecule is CC[C@H]1OC(=O)[C@H](C)C(=O)[C@H](C)[C@@H](O[C@@H]2O[C@H](C)C[C@H](N(C)C)[C@H]2OC(C)=O)[C@@](C)(OC)C[C@@H](C)C(=O)/C(COC(C)=O)=C/[C@]1(C)OC(=O)n1ccnc1. The fraction of sp³-hybridized carbons (Fsp3) is 0.711. The van der Waals surface area contributed by atoms with Crippen LogP contribution in [-0.4, -0.2) is 126 Å². The second kappa shape index (κ2) is 18.6. The van der Waals surface area contributed by atoms with Gasteiger partial charge >= 0.3 is 24.0 Å². The lowest BCUT2D eigenvalue weighted by Gasteiger charge is -2.47. The molecule has 0 aromatic carbocycles. The fourth-order valence-electron chi connectivity index (χ4n) is 7.24. The first-order valence-electron chi connectivity index (χ1n) is 18.2. The monoisotopic (exact) mass is 763 g/mol. The van der Waals surface area contributed by atoms with E-state index in [1.54, 1.807) is 27.7 Å². The summed E-state index contributed by atoms with van der Waals surface area (Å²) in [5, 5.41) is 0. The molecule has 3 rings (SSSR count). The fourth-order valence-corrected chi connectivity index (χ4v) is 7.24. The average molecular weight is 764 g/mol. The molecule has 11 atom stereocenters. The summed E-state index contributed by atoms with van der Waals surface area (Å²) in [5.74, 6) is -6.47. The zero-order valence-electron chi connectivity index (χ0n) is 33.5. The maximum atomic E-state index is 14.4. The highest BCUT2D eigenvalue weighted by molar-refractivity contribution is 6.00. The normalized spacial score (nSPS) is 35.3. The van der Waals surface area contributed by atoms with Crippen molar-refractivity contribution >= 4 is 35.6 Å². The van der Waals surface area contributed by atoms with Gasteiger partial charge in [0.15, 0.2) is 29.6 Å². The predicted molar refractivity (Wildman–Crippen MR) is 192 cm³/mol. The van der Waals surface area contributed by atoms with Gasteiger partial charge in [-0.05, 0) is 67.1 Å². The number of hydrogen-bond donors (Lipinski definition) is 0. The predicted octanol–water partition coefficient (Wildman–Crippen LogP) is 3.68. The molecule has 1 saturated heterocycles. The van der Waals surface area contributed by atoms with Crippen LogP contribution in [0.1, 0.15) is 81.6 Å². The van der Waals surface area contributed by atoms with Crippen LogP contribution in [-0.2, 0) is 57.1 Å². The first kappa shape index (κ1) is 44.4. The number of hydrogen-bond acceptors (Lipinski definition) is 15. The highest BCUT2D eigenvalue weighted by Gasteiger charge is 2.51. The summed E-state index contributed by atoms with van der Waals surface area (Å²) in [5.41, 5.74) is -3.24. The van der Waals surface area contributed by atoms with Gasteiger partial charge in [-0.25, -0.2) is 14.3 Å². The highest BCUT2D eigenvalue weighted by atomic mass is 16.7. The Balaban J connectivity index is 2.22. The Morgan fingerprint density at radius 1 is 1.06 bits per heavy atom. The molecule has 1 fully saturated rings. The van der Waals surface area contributed by atoms with Gasteiger partial charge in [0.25, 0.3) is 0 Å². The molecule has 0 bridgehead atoms. The summed E-state index contributed by atoms with van der Waals surface area (Å²) in [6.45, 7) is 13.3. The Labute approximate surface area is 317 Å². The molecule has 2 aliphatic rings. The van der Waals surface area contributed by atoms with Gasteiger partial charge in [-0.15, -0.1) is 0 Å². The van der Waals surface area contributed by atoms with E-state index in [1.165, 1.54) is 59.6 Å². The van der Waals surface area contributed by atoms with Gasteiger partial charge in [-0.1, -0.05) is 20.8 Å². The second-order valence-electron chi connectivity index (χ2n) is 14.9. The lowest BCUT2D eigenvalue weighted by atomic mass is 9.76. The van der Waals surface area contributed by atoms with E-state index in [2.05, 4.69) is 4.98 Å². The van der Waals surface area contributed by atoms with Crippen molar-refractivity contribution in [3.63, 3.8) is 0 Å². The minimum atomic E-state index is -1.80. The van der Waals surface area contributed by atoms with Gasteiger partial charge in [0.1, 0.15) is 25.0 Å². The van der Waals surface area contributed by atoms with Crippen LogP contribution in [0.2, 0.25) is 0 Å². The van der Waals surface area contributed by atoms with Crippen molar-refractivity contribution < 1.29 is 61.9 Å². The molecule has 0 amide bonds. The number of rotatable bonds is 9. The molecule has 0 N–H and O–H groups in total. The molecule has 2 aliphatic heterocycles. The van der Waals surface area contributed by atoms with Crippen molar-refractivity contribution in [1.82, 2.24) is 14.5 Å². The number of carbonyl (C=O) groups is 6. The van der Waals surface area contributed by atoms with E-state index < -0.39 is 95.7 Å². The van der Waals surface area contributed by atoms with Crippen molar-refractivity contribution in [3.8, 4) is 0 Å².